The summed E-state index contributed by atoms with van der Waals surface area (Å²) in [6.45, 7) is 8.22. The number of esters is 1. The van der Waals surface area contributed by atoms with E-state index in [1.165, 1.54) is 5.57 Å². The van der Waals surface area contributed by atoms with Gasteiger partial charge in [0, 0.05) is 12.3 Å². The van der Waals surface area contributed by atoms with Crippen LogP contribution in [0.2, 0.25) is 0 Å². The molecule has 3 unspecified atom stereocenters. The van der Waals surface area contributed by atoms with Crippen molar-refractivity contribution in [3.63, 3.8) is 0 Å². The molecule has 2 aliphatic heterocycles. The van der Waals surface area contributed by atoms with E-state index in [4.69, 9.17) is 9.47 Å². The summed E-state index contributed by atoms with van der Waals surface area (Å²) in [7, 11) is 0. The summed E-state index contributed by atoms with van der Waals surface area (Å²) >= 11 is 0. The van der Waals surface area contributed by atoms with Gasteiger partial charge in [-0.1, -0.05) is 31.1 Å². The number of epoxide rings is 1. The highest BCUT2D eigenvalue weighted by Crippen LogP contribution is 2.72. The van der Waals surface area contributed by atoms with Gasteiger partial charge in [0.15, 0.2) is 5.78 Å². The average molecular weight is 469 g/mol. The first-order valence-electron chi connectivity index (χ1n) is 12.9. The van der Waals surface area contributed by atoms with Gasteiger partial charge in [0.1, 0.15) is 17.8 Å². The van der Waals surface area contributed by atoms with Crippen molar-refractivity contribution in [2.75, 3.05) is 6.61 Å². The lowest BCUT2D eigenvalue weighted by molar-refractivity contribution is -0.150. The van der Waals surface area contributed by atoms with Crippen LogP contribution in [0, 0.1) is 34.5 Å². The molecule has 4 aliphatic carbocycles. The number of carbonyl (C=O) groups is 2. The number of aliphatic hydroxyl groups excluding tert-OH is 2. The van der Waals surface area contributed by atoms with Crippen molar-refractivity contribution in [2.45, 2.75) is 83.7 Å². The molecule has 6 rings (SSSR count). The van der Waals surface area contributed by atoms with Crippen LogP contribution in [0.15, 0.2) is 34.9 Å². The number of rotatable bonds is 3. The smallest absolute Gasteiger partial charge is 0.336 e. The summed E-state index contributed by atoms with van der Waals surface area (Å²) in [5, 5.41) is 20.3. The Morgan fingerprint density at radius 1 is 1.24 bits per heavy atom. The van der Waals surface area contributed by atoms with Crippen LogP contribution in [0.5, 0.6) is 0 Å². The average Bonchev–Trinajstić information content (AvgIpc) is 3.43. The van der Waals surface area contributed by atoms with Gasteiger partial charge in [-0.2, -0.15) is 0 Å². The summed E-state index contributed by atoms with van der Waals surface area (Å²) in [4.78, 5) is 25.7. The van der Waals surface area contributed by atoms with Gasteiger partial charge >= 0.3 is 5.97 Å². The molecule has 10 atom stereocenters. The normalized spacial score (nSPS) is 50.0. The maximum Gasteiger partial charge on any atom is 0.336 e. The van der Waals surface area contributed by atoms with Crippen LogP contribution >= 0.6 is 0 Å². The van der Waals surface area contributed by atoms with E-state index in [9.17, 15) is 19.8 Å². The van der Waals surface area contributed by atoms with Crippen LogP contribution in [-0.4, -0.2) is 52.5 Å². The maximum atomic E-state index is 13.3. The number of carbonyl (C=O) groups excluding carboxylic acids is 2. The lowest BCUT2D eigenvalue weighted by Gasteiger charge is -2.57. The highest BCUT2D eigenvalue weighted by molar-refractivity contribution is 5.98. The van der Waals surface area contributed by atoms with Crippen LogP contribution in [0.3, 0.4) is 0 Å². The number of fused-ring (bicyclic) bond motifs is 4. The van der Waals surface area contributed by atoms with E-state index in [-0.39, 0.29) is 41.8 Å². The number of ketones is 1. The van der Waals surface area contributed by atoms with E-state index in [0.29, 0.717) is 23.8 Å². The van der Waals surface area contributed by atoms with Crippen LogP contribution in [0.4, 0.5) is 0 Å². The number of cyclic esters (lactones) is 1. The molecule has 2 heterocycles. The molecule has 0 aromatic heterocycles. The van der Waals surface area contributed by atoms with Crippen molar-refractivity contribution in [3.8, 4) is 0 Å². The molecule has 3 fully saturated rings. The van der Waals surface area contributed by atoms with Crippen LogP contribution in [-0.2, 0) is 19.1 Å². The van der Waals surface area contributed by atoms with Crippen molar-refractivity contribution in [3.05, 3.63) is 34.9 Å². The van der Waals surface area contributed by atoms with Gasteiger partial charge in [-0.25, -0.2) is 4.79 Å². The molecule has 1 spiro atoms. The second kappa shape index (κ2) is 7.14. The molecule has 2 N–H and O–H groups in total. The standard InChI is InChI=1S/C28H36O6/c1-14-11-21(33-25(32)17(14)13-29)15(2)18-5-6-19-16-12-24-28(34-24)23(31)8-7-22(30)27(28,4)20(16)9-10-26(18,19)3/h5,7-8,15-16,19-21,23-24,29,31H,6,9-13H2,1-4H3/t15-,16?,19?,20?,21+,23-,24+,26+,27-,28+/m0/s1. The summed E-state index contributed by atoms with van der Waals surface area (Å²) in [6.07, 6.45) is 9.03. The van der Waals surface area contributed by atoms with Crippen molar-refractivity contribution >= 4 is 11.8 Å². The largest absolute Gasteiger partial charge is 0.458 e. The number of ether oxygens (including phenoxy) is 2. The number of hydrogen-bond acceptors (Lipinski definition) is 6. The molecule has 6 aliphatic rings. The molecule has 0 amide bonds. The number of hydrogen-bond donors (Lipinski definition) is 2. The van der Waals surface area contributed by atoms with E-state index in [1.54, 1.807) is 12.2 Å². The Labute approximate surface area is 201 Å². The molecule has 0 bridgehead atoms. The second-order valence-electron chi connectivity index (χ2n) is 12.1. The molecular formula is C28H36O6. The fourth-order valence-electron chi connectivity index (χ4n) is 9.02. The predicted molar refractivity (Wildman–Crippen MR) is 124 cm³/mol. The topological polar surface area (TPSA) is 96.4 Å². The van der Waals surface area contributed by atoms with E-state index < -0.39 is 23.1 Å². The van der Waals surface area contributed by atoms with Crippen LogP contribution in [0.25, 0.3) is 0 Å². The molecule has 6 heteroatoms. The molecule has 0 aromatic rings. The molecular weight excluding hydrogens is 432 g/mol. The van der Waals surface area contributed by atoms with Crippen LogP contribution < -0.4 is 0 Å². The summed E-state index contributed by atoms with van der Waals surface area (Å²) in [6, 6.07) is 0. The Kier molecular flexibility index (Phi) is 4.77. The first-order chi connectivity index (χ1) is 16.1. The van der Waals surface area contributed by atoms with Gasteiger partial charge in [-0.05, 0) is 74.9 Å². The molecule has 2 saturated carbocycles. The fourth-order valence-corrected chi connectivity index (χ4v) is 9.02. The first kappa shape index (κ1) is 22.7. The Bertz CT molecular complexity index is 1060. The lowest BCUT2D eigenvalue weighted by Crippen LogP contribution is -2.63. The first-order valence-corrected chi connectivity index (χ1v) is 12.9. The van der Waals surface area contributed by atoms with Gasteiger partial charge < -0.3 is 19.7 Å². The molecule has 6 nitrogen and oxygen atoms in total. The summed E-state index contributed by atoms with van der Waals surface area (Å²) < 4.78 is 12.0. The third-order valence-corrected chi connectivity index (χ3v) is 11.0. The van der Waals surface area contributed by atoms with Crippen molar-refractivity contribution in [2.24, 2.45) is 34.5 Å². The van der Waals surface area contributed by atoms with Gasteiger partial charge in [0.05, 0.1) is 23.7 Å². The minimum Gasteiger partial charge on any atom is -0.458 e. The minimum absolute atomic E-state index is 0.000709. The van der Waals surface area contributed by atoms with Gasteiger partial charge in [0.2, 0.25) is 0 Å². The second-order valence-corrected chi connectivity index (χ2v) is 12.1. The summed E-state index contributed by atoms with van der Waals surface area (Å²) in [5.74, 6) is 0.796. The van der Waals surface area contributed by atoms with Gasteiger partial charge in [-0.3, -0.25) is 4.79 Å². The molecule has 0 radical (unpaired) electrons. The molecule has 0 aromatic carbocycles. The van der Waals surface area contributed by atoms with Gasteiger partial charge in [0.25, 0.3) is 0 Å². The van der Waals surface area contributed by atoms with Crippen molar-refractivity contribution in [1.29, 1.82) is 0 Å². The Balaban J connectivity index is 1.28. The van der Waals surface area contributed by atoms with E-state index >= 15 is 0 Å². The lowest BCUT2D eigenvalue weighted by atomic mass is 9.44. The highest BCUT2D eigenvalue weighted by atomic mass is 16.6. The minimum atomic E-state index is -0.736. The van der Waals surface area contributed by atoms with E-state index in [1.807, 2.05) is 13.8 Å². The van der Waals surface area contributed by atoms with Crippen LogP contribution in [0.1, 0.15) is 59.8 Å². The van der Waals surface area contributed by atoms with Crippen molar-refractivity contribution < 1.29 is 29.3 Å². The Morgan fingerprint density at radius 3 is 2.71 bits per heavy atom. The molecule has 184 valence electrons. The Hall–Kier alpha value is -1.76. The molecule has 34 heavy (non-hydrogen) atoms. The fraction of sp³-hybridized carbons (Fsp3) is 0.714. The highest BCUT2D eigenvalue weighted by Gasteiger charge is 2.80. The zero-order valence-electron chi connectivity index (χ0n) is 20.5. The predicted octanol–water partition coefficient (Wildman–Crippen LogP) is 3.27. The maximum absolute atomic E-state index is 13.3. The summed E-state index contributed by atoms with van der Waals surface area (Å²) in [5.41, 5.74) is 1.28. The number of aliphatic hydroxyl groups is 2. The Morgan fingerprint density at radius 2 is 2.00 bits per heavy atom. The zero-order valence-corrected chi connectivity index (χ0v) is 20.5. The van der Waals surface area contributed by atoms with E-state index in [0.717, 1.165) is 31.3 Å². The third kappa shape index (κ3) is 2.57. The third-order valence-electron chi connectivity index (χ3n) is 11.0. The van der Waals surface area contributed by atoms with Gasteiger partial charge in [-0.15, -0.1) is 0 Å². The quantitative estimate of drug-likeness (QED) is 0.375. The number of allylic oxidation sites excluding steroid dienone is 2. The monoisotopic (exact) mass is 468 g/mol. The zero-order chi connectivity index (χ0) is 24.2. The van der Waals surface area contributed by atoms with E-state index in [2.05, 4.69) is 19.9 Å². The molecule has 1 saturated heterocycles. The van der Waals surface area contributed by atoms with Crippen molar-refractivity contribution in [1.82, 2.24) is 0 Å². The SMILES string of the molecule is CC1=C(CO)C(=O)O[C@@H]([C@@H](C)C2=CCC3C4C[C@H]5O[C@]56[C@@H](O)C=CC(=O)[C@]6(C)C4CC[C@]23C)C1.